The molecule has 5 atom stereocenters. The number of hydrogen-bond acceptors (Lipinski definition) is 7. The largest absolute Gasteiger partial charge is 0.388 e. The van der Waals surface area contributed by atoms with Gasteiger partial charge in [0.05, 0.1) is 12.4 Å². The average molecular weight is 299 g/mol. The zero-order valence-electron chi connectivity index (χ0n) is 11.1. The fourth-order valence-electron chi connectivity index (χ4n) is 1.70. The third-order valence-electron chi connectivity index (χ3n) is 2.62. The summed E-state index contributed by atoms with van der Waals surface area (Å²) in [5.74, 6) is 0. The van der Waals surface area contributed by atoms with Crippen molar-refractivity contribution in [2.45, 2.75) is 50.7 Å². The minimum Gasteiger partial charge on any atom is -0.388 e. The molecule has 114 valence electrons. The molecule has 4 N–H and O–H groups in total. The molecule has 0 aromatic heterocycles. The summed E-state index contributed by atoms with van der Waals surface area (Å²) in [6.07, 6.45) is -5.69. The van der Waals surface area contributed by atoms with Gasteiger partial charge in [-0.15, -0.1) is 0 Å². The van der Waals surface area contributed by atoms with Gasteiger partial charge < -0.3 is 24.8 Å². The highest BCUT2D eigenvalue weighted by molar-refractivity contribution is 7.88. The number of aliphatic hydroxyl groups excluding tert-OH is 3. The van der Waals surface area contributed by atoms with Gasteiger partial charge in [-0.25, -0.2) is 13.1 Å². The van der Waals surface area contributed by atoms with Crippen LogP contribution in [-0.4, -0.2) is 73.3 Å². The Morgan fingerprint density at radius 3 is 2.26 bits per heavy atom. The third-order valence-corrected chi connectivity index (χ3v) is 3.31. The number of nitrogens with one attached hydrogen (secondary N) is 1. The van der Waals surface area contributed by atoms with E-state index >= 15 is 0 Å². The smallest absolute Gasteiger partial charge is 0.208 e. The van der Waals surface area contributed by atoms with Crippen molar-refractivity contribution in [3.63, 3.8) is 0 Å². The van der Waals surface area contributed by atoms with E-state index in [1.54, 1.807) is 13.8 Å². The Labute approximate surface area is 112 Å². The maximum Gasteiger partial charge on any atom is 0.208 e. The second-order valence-corrected chi connectivity index (χ2v) is 6.65. The van der Waals surface area contributed by atoms with Crippen LogP contribution in [0.1, 0.15) is 13.8 Å². The van der Waals surface area contributed by atoms with Crippen LogP contribution >= 0.6 is 0 Å². The Morgan fingerprint density at radius 1 is 1.21 bits per heavy atom. The molecule has 0 aromatic rings. The van der Waals surface area contributed by atoms with Gasteiger partial charge in [-0.3, -0.25) is 0 Å². The van der Waals surface area contributed by atoms with Gasteiger partial charge in [0.25, 0.3) is 0 Å². The van der Waals surface area contributed by atoms with E-state index in [4.69, 9.17) is 9.47 Å². The van der Waals surface area contributed by atoms with E-state index in [0.29, 0.717) is 0 Å². The number of rotatable bonds is 5. The number of aliphatic hydroxyl groups is 3. The first-order chi connectivity index (χ1) is 8.61. The van der Waals surface area contributed by atoms with Gasteiger partial charge in [0, 0.05) is 6.54 Å². The first kappa shape index (κ1) is 16.8. The topological polar surface area (TPSA) is 125 Å². The molecule has 19 heavy (non-hydrogen) atoms. The SMILES string of the molecule is CC(C)O[C@H]1O[C@H](CNS(C)(=O)=O)[C@@H](O)[C@H](O)[C@@H]1O. The summed E-state index contributed by atoms with van der Waals surface area (Å²) in [5.41, 5.74) is 0. The molecule has 0 saturated carbocycles. The van der Waals surface area contributed by atoms with Crippen molar-refractivity contribution in [3.8, 4) is 0 Å². The summed E-state index contributed by atoms with van der Waals surface area (Å²) in [6, 6.07) is 0. The van der Waals surface area contributed by atoms with E-state index in [1.807, 2.05) is 0 Å². The molecule has 1 aliphatic heterocycles. The molecule has 1 rings (SSSR count). The van der Waals surface area contributed by atoms with Crippen LogP contribution in [0.15, 0.2) is 0 Å². The Morgan fingerprint density at radius 2 is 1.79 bits per heavy atom. The Balaban J connectivity index is 2.70. The van der Waals surface area contributed by atoms with Gasteiger partial charge in [-0.1, -0.05) is 0 Å². The fourth-order valence-corrected chi connectivity index (χ4v) is 2.17. The number of hydrogen-bond donors (Lipinski definition) is 4. The standard InChI is InChI=1S/C10H21NO7S/c1-5(2)17-10-9(14)8(13)7(12)6(18-10)4-11-19(3,15)16/h5-14H,4H2,1-3H3/t6-,7-,8+,9+,10+/m1/s1. The highest BCUT2D eigenvalue weighted by Crippen LogP contribution is 2.22. The fraction of sp³-hybridized carbons (Fsp3) is 1.00. The van der Waals surface area contributed by atoms with Crippen molar-refractivity contribution in [1.82, 2.24) is 4.72 Å². The molecule has 8 nitrogen and oxygen atoms in total. The van der Waals surface area contributed by atoms with Gasteiger partial charge in [-0.2, -0.15) is 0 Å². The Hall–Kier alpha value is -0.290. The highest BCUT2D eigenvalue weighted by atomic mass is 32.2. The minimum atomic E-state index is -3.44. The predicted molar refractivity (Wildman–Crippen MR) is 65.7 cm³/mol. The molecule has 0 spiro atoms. The predicted octanol–water partition coefficient (Wildman–Crippen LogP) is -2.23. The van der Waals surface area contributed by atoms with Gasteiger partial charge in [0.15, 0.2) is 6.29 Å². The van der Waals surface area contributed by atoms with Gasteiger partial charge in [0.2, 0.25) is 10.0 Å². The zero-order chi connectivity index (χ0) is 14.8. The van der Waals surface area contributed by atoms with Crippen LogP contribution in [0, 0.1) is 0 Å². The first-order valence-electron chi connectivity index (χ1n) is 5.91. The van der Waals surface area contributed by atoms with E-state index in [1.165, 1.54) is 0 Å². The molecule has 0 aromatic carbocycles. The van der Waals surface area contributed by atoms with Crippen molar-refractivity contribution in [1.29, 1.82) is 0 Å². The number of sulfonamides is 1. The quantitative estimate of drug-likeness (QED) is 0.452. The lowest BCUT2D eigenvalue weighted by atomic mass is 9.99. The van der Waals surface area contributed by atoms with Crippen LogP contribution in [0.5, 0.6) is 0 Å². The monoisotopic (exact) mass is 299 g/mol. The van der Waals surface area contributed by atoms with Gasteiger partial charge in [-0.05, 0) is 13.8 Å². The lowest BCUT2D eigenvalue weighted by molar-refractivity contribution is -0.302. The van der Waals surface area contributed by atoms with Crippen LogP contribution in [0.3, 0.4) is 0 Å². The molecule has 1 aliphatic rings. The molecule has 0 amide bonds. The normalized spacial score (nSPS) is 36.7. The zero-order valence-corrected chi connectivity index (χ0v) is 11.9. The summed E-state index contributed by atoms with van der Waals surface area (Å²) in [7, 11) is -3.44. The first-order valence-corrected chi connectivity index (χ1v) is 7.80. The van der Waals surface area contributed by atoms with E-state index in [0.717, 1.165) is 6.26 Å². The molecular weight excluding hydrogens is 278 g/mol. The lowest BCUT2D eigenvalue weighted by Gasteiger charge is -2.40. The minimum absolute atomic E-state index is 0.221. The molecule has 9 heteroatoms. The Kier molecular flexibility index (Phi) is 5.68. The average Bonchev–Trinajstić information content (AvgIpc) is 2.26. The summed E-state index contributed by atoms with van der Waals surface area (Å²) < 4.78 is 34.7. The molecule has 1 fully saturated rings. The van der Waals surface area contributed by atoms with Crippen molar-refractivity contribution >= 4 is 10.0 Å². The van der Waals surface area contributed by atoms with E-state index in [2.05, 4.69) is 4.72 Å². The van der Waals surface area contributed by atoms with Crippen molar-refractivity contribution in [2.75, 3.05) is 12.8 Å². The van der Waals surface area contributed by atoms with E-state index < -0.39 is 40.7 Å². The molecule has 1 saturated heterocycles. The van der Waals surface area contributed by atoms with Crippen molar-refractivity contribution < 1.29 is 33.2 Å². The number of ether oxygens (including phenoxy) is 2. The lowest BCUT2D eigenvalue weighted by Crippen LogP contribution is -2.60. The van der Waals surface area contributed by atoms with Crippen LogP contribution < -0.4 is 4.72 Å². The van der Waals surface area contributed by atoms with Crippen molar-refractivity contribution in [3.05, 3.63) is 0 Å². The van der Waals surface area contributed by atoms with E-state index in [9.17, 15) is 23.7 Å². The van der Waals surface area contributed by atoms with Crippen LogP contribution in [0.2, 0.25) is 0 Å². The second-order valence-electron chi connectivity index (χ2n) is 4.82. The molecule has 0 unspecified atom stereocenters. The van der Waals surface area contributed by atoms with Crippen LogP contribution in [0.4, 0.5) is 0 Å². The third kappa shape index (κ3) is 4.95. The second kappa shape index (κ2) is 6.44. The summed E-state index contributed by atoms with van der Waals surface area (Å²) in [6.45, 7) is 3.22. The van der Waals surface area contributed by atoms with E-state index in [-0.39, 0.29) is 12.6 Å². The van der Waals surface area contributed by atoms with Gasteiger partial charge >= 0.3 is 0 Å². The summed E-state index contributed by atoms with van der Waals surface area (Å²) in [4.78, 5) is 0. The molecule has 0 aliphatic carbocycles. The molecule has 0 bridgehead atoms. The highest BCUT2D eigenvalue weighted by Gasteiger charge is 2.44. The molecular formula is C10H21NO7S. The van der Waals surface area contributed by atoms with Gasteiger partial charge in [0.1, 0.15) is 24.4 Å². The Bertz CT molecular complexity index is 385. The van der Waals surface area contributed by atoms with Crippen molar-refractivity contribution in [2.24, 2.45) is 0 Å². The summed E-state index contributed by atoms with van der Waals surface area (Å²) in [5, 5.41) is 29.1. The van der Waals surface area contributed by atoms with Crippen LogP contribution in [0.25, 0.3) is 0 Å². The van der Waals surface area contributed by atoms with Crippen LogP contribution in [-0.2, 0) is 19.5 Å². The molecule has 0 radical (unpaired) electrons. The maximum absolute atomic E-state index is 11.0. The molecule has 1 heterocycles. The summed E-state index contributed by atoms with van der Waals surface area (Å²) >= 11 is 0. The maximum atomic E-state index is 11.0.